The smallest absolute Gasteiger partial charge is 0.143 e. The Kier molecular flexibility index (Phi) is 3.24. The zero-order chi connectivity index (χ0) is 7.40. The van der Waals surface area contributed by atoms with Crippen LogP contribution in [0.1, 0.15) is 5.01 Å². The Labute approximate surface area is 73.1 Å². The molecule has 0 aliphatic carbocycles. The normalized spacial score (nSPS) is 9.70. The Morgan fingerprint density at radius 3 is 3.00 bits per heavy atom. The van der Waals surface area contributed by atoms with Crippen LogP contribution in [0.4, 0.5) is 0 Å². The van der Waals surface area contributed by atoms with Crippen LogP contribution in [0, 0.1) is 6.92 Å². The van der Waals surface area contributed by atoms with Crippen LogP contribution < -0.4 is 0 Å². The molecule has 0 amide bonds. The molecule has 1 heterocycles. The summed E-state index contributed by atoms with van der Waals surface area (Å²) in [5, 5.41) is 11.4. The lowest BCUT2D eigenvalue weighted by Crippen LogP contribution is -1.75. The van der Waals surface area contributed by atoms with Gasteiger partial charge in [-0.2, -0.15) is 0 Å². The van der Waals surface area contributed by atoms with Gasteiger partial charge in [0.1, 0.15) is 5.01 Å². The highest BCUT2D eigenvalue weighted by molar-refractivity contribution is 8.02. The average Bonchev–Trinajstić information content (AvgIpc) is 2.31. The summed E-state index contributed by atoms with van der Waals surface area (Å²) in [6.07, 6.45) is 0. The topological polar surface area (TPSA) is 25.8 Å². The molecule has 0 aliphatic rings. The van der Waals surface area contributed by atoms with Crippen LogP contribution in [0.5, 0.6) is 0 Å². The second-order valence-electron chi connectivity index (χ2n) is 1.52. The van der Waals surface area contributed by atoms with E-state index in [9.17, 15) is 0 Å². The molecule has 0 fully saturated rings. The maximum absolute atomic E-state index is 4.54. The first-order chi connectivity index (χ1) is 4.83. The largest absolute Gasteiger partial charge is 0.174 e. The van der Waals surface area contributed by atoms with Crippen molar-refractivity contribution in [3.8, 4) is 0 Å². The summed E-state index contributed by atoms with van der Waals surface area (Å²) in [7, 11) is 0. The molecule has 1 radical (unpaired) electrons. The Balaban J connectivity index is 2.49. The third kappa shape index (κ3) is 2.32. The number of aryl methyl sites for hydroxylation is 1. The van der Waals surface area contributed by atoms with Gasteiger partial charge in [0.15, 0.2) is 4.34 Å². The molecule has 2 nitrogen and oxygen atoms in total. The average molecular weight is 189 g/mol. The van der Waals surface area contributed by atoms with Crippen molar-refractivity contribution in [1.82, 2.24) is 10.2 Å². The van der Waals surface area contributed by atoms with Crippen LogP contribution in [0.3, 0.4) is 0 Å². The van der Waals surface area contributed by atoms with E-state index in [1.54, 1.807) is 23.1 Å². The fourth-order valence-corrected chi connectivity index (χ4v) is 2.08. The van der Waals surface area contributed by atoms with Crippen molar-refractivity contribution < 1.29 is 0 Å². The molecule has 53 valence electrons. The number of thiocarbonyl (C=S) groups is 1. The lowest BCUT2D eigenvalue weighted by atomic mass is 10.9. The molecule has 0 bridgehead atoms. The monoisotopic (exact) mass is 189 g/mol. The molecule has 0 saturated heterocycles. The third-order valence-corrected chi connectivity index (χ3v) is 2.94. The van der Waals surface area contributed by atoms with Crippen LogP contribution in [0.25, 0.3) is 0 Å². The number of hydrogen-bond donors (Lipinski definition) is 0. The molecule has 10 heavy (non-hydrogen) atoms. The number of hydrogen-bond acceptors (Lipinski definition) is 5. The van der Waals surface area contributed by atoms with Gasteiger partial charge < -0.3 is 0 Å². The molecule has 0 aliphatic heterocycles. The number of nitrogens with zero attached hydrogens (tertiary/aromatic N) is 2. The number of rotatable bonds is 3. The lowest BCUT2D eigenvalue weighted by Gasteiger charge is -1.83. The molecule has 0 unspecified atom stereocenters. The fourth-order valence-electron chi connectivity index (χ4n) is 0.428. The highest BCUT2D eigenvalue weighted by Gasteiger charge is 1.97. The molecule has 0 spiro atoms. The van der Waals surface area contributed by atoms with Crippen molar-refractivity contribution in [3.05, 3.63) is 5.01 Å². The van der Waals surface area contributed by atoms with Gasteiger partial charge in [-0.1, -0.05) is 35.3 Å². The predicted octanol–water partition coefficient (Wildman–Crippen LogP) is 1.82. The number of thioether (sulfide) groups is 1. The van der Waals surface area contributed by atoms with E-state index in [0.717, 1.165) is 9.35 Å². The van der Waals surface area contributed by atoms with Gasteiger partial charge in [-0.3, -0.25) is 0 Å². The van der Waals surface area contributed by atoms with E-state index in [4.69, 9.17) is 0 Å². The van der Waals surface area contributed by atoms with Crippen LogP contribution in [-0.4, -0.2) is 21.3 Å². The highest BCUT2D eigenvalue weighted by atomic mass is 32.2. The van der Waals surface area contributed by atoms with E-state index in [2.05, 4.69) is 27.8 Å². The molecule has 1 rings (SSSR count). The summed E-state index contributed by atoms with van der Waals surface area (Å²) >= 11 is 7.70. The first-order valence-corrected chi connectivity index (χ1v) is 4.82. The van der Waals surface area contributed by atoms with Gasteiger partial charge in [0, 0.05) is 11.1 Å². The maximum atomic E-state index is 4.54. The van der Waals surface area contributed by atoms with Gasteiger partial charge in [0.2, 0.25) is 0 Å². The standard InChI is InChI=1S/C5H5N2S3/c1-4-6-7-5(10-4)9-3-2-8/h3H2,1H3. The molecular weight excluding hydrogens is 184 g/mol. The van der Waals surface area contributed by atoms with Crippen LogP contribution in [0.2, 0.25) is 0 Å². The molecule has 0 N–H and O–H groups in total. The number of aromatic nitrogens is 2. The van der Waals surface area contributed by atoms with E-state index in [1.165, 1.54) is 0 Å². The van der Waals surface area contributed by atoms with Crippen molar-refractivity contribution in [1.29, 1.82) is 0 Å². The Bertz CT molecular complexity index is 220. The lowest BCUT2D eigenvalue weighted by molar-refractivity contribution is 0.985. The van der Waals surface area contributed by atoms with Gasteiger partial charge in [-0.25, -0.2) is 0 Å². The van der Waals surface area contributed by atoms with E-state index in [-0.39, 0.29) is 0 Å². The highest BCUT2D eigenvalue weighted by Crippen LogP contribution is 2.20. The maximum Gasteiger partial charge on any atom is 0.174 e. The molecule has 0 aromatic carbocycles. The second-order valence-corrected chi connectivity index (χ2v) is 4.21. The van der Waals surface area contributed by atoms with E-state index < -0.39 is 0 Å². The Hall–Kier alpha value is -0.0000000000000000555. The Morgan fingerprint density at radius 2 is 2.50 bits per heavy atom. The van der Waals surface area contributed by atoms with Gasteiger partial charge >= 0.3 is 0 Å². The zero-order valence-corrected chi connectivity index (χ0v) is 7.78. The zero-order valence-electron chi connectivity index (χ0n) is 5.33. The molecular formula is C5H5N2S3. The van der Waals surface area contributed by atoms with Crippen molar-refractivity contribution in [3.63, 3.8) is 0 Å². The van der Waals surface area contributed by atoms with Crippen molar-refractivity contribution in [2.45, 2.75) is 11.3 Å². The van der Waals surface area contributed by atoms with Crippen molar-refractivity contribution in [2.75, 3.05) is 5.75 Å². The molecule has 0 atom stereocenters. The summed E-state index contributed by atoms with van der Waals surface area (Å²) in [4.78, 5) is 0. The van der Waals surface area contributed by atoms with Crippen molar-refractivity contribution >= 4 is 40.7 Å². The SMILES string of the molecule is Cc1nnc(SC[C]=S)s1. The summed E-state index contributed by atoms with van der Waals surface area (Å²) < 4.78 is 0.967. The predicted molar refractivity (Wildman–Crippen MR) is 48.0 cm³/mol. The van der Waals surface area contributed by atoms with Gasteiger partial charge in [0.25, 0.3) is 0 Å². The minimum absolute atomic E-state index is 0.712. The molecule has 1 aromatic rings. The molecule has 5 heteroatoms. The summed E-state index contributed by atoms with van der Waals surface area (Å²) in [5.74, 6) is 0.712. The van der Waals surface area contributed by atoms with Gasteiger partial charge in [-0.05, 0) is 6.92 Å². The first-order valence-electron chi connectivity index (χ1n) is 2.61. The minimum atomic E-state index is 0.712. The van der Waals surface area contributed by atoms with Gasteiger partial charge in [-0.15, -0.1) is 10.2 Å². The fraction of sp³-hybridized carbons (Fsp3) is 0.400. The summed E-state index contributed by atoms with van der Waals surface area (Å²) in [6, 6.07) is 0. The van der Waals surface area contributed by atoms with E-state index >= 15 is 0 Å². The Morgan fingerprint density at radius 1 is 1.70 bits per heavy atom. The van der Waals surface area contributed by atoms with E-state index in [1.807, 2.05) is 6.92 Å². The van der Waals surface area contributed by atoms with Crippen LogP contribution in [-0.2, 0) is 0 Å². The van der Waals surface area contributed by atoms with Crippen LogP contribution in [0.15, 0.2) is 4.34 Å². The third-order valence-electron chi connectivity index (χ3n) is 0.762. The summed E-state index contributed by atoms with van der Waals surface area (Å²) in [5.41, 5.74) is 0. The summed E-state index contributed by atoms with van der Waals surface area (Å²) in [6.45, 7) is 1.93. The minimum Gasteiger partial charge on any atom is -0.143 e. The second kappa shape index (κ2) is 4.00. The van der Waals surface area contributed by atoms with Crippen molar-refractivity contribution in [2.24, 2.45) is 0 Å². The van der Waals surface area contributed by atoms with E-state index in [0.29, 0.717) is 5.75 Å². The quantitative estimate of drug-likeness (QED) is 0.535. The first kappa shape index (κ1) is 8.10. The van der Waals surface area contributed by atoms with Gasteiger partial charge in [0.05, 0.1) is 0 Å². The molecule has 0 saturated carbocycles. The molecule has 1 aromatic heterocycles. The van der Waals surface area contributed by atoms with Crippen LogP contribution >= 0.6 is 35.3 Å².